The normalized spacial score (nSPS) is 33.2. The average molecular weight is 210 g/mol. The number of piperidine rings is 1. The summed E-state index contributed by atoms with van der Waals surface area (Å²) in [6, 6.07) is 0.757. The number of likely N-dealkylation sites (N-methyl/N-ethyl adjacent to an activating group) is 1. The first-order valence-electron chi connectivity index (χ1n) is 6.77. The van der Waals surface area contributed by atoms with Crippen LogP contribution in [0, 0.1) is 11.8 Å². The van der Waals surface area contributed by atoms with Crippen LogP contribution in [0.5, 0.6) is 0 Å². The first-order valence-corrected chi connectivity index (χ1v) is 6.77. The minimum atomic E-state index is 0.757. The maximum absolute atomic E-state index is 3.63. The van der Waals surface area contributed by atoms with E-state index in [0.717, 1.165) is 24.4 Å². The molecule has 0 spiro atoms. The minimum absolute atomic E-state index is 0.757. The first-order chi connectivity index (χ1) is 7.31. The lowest BCUT2D eigenvalue weighted by atomic mass is 9.92. The van der Waals surface area contributed by atoms with E-state index in [-0.39, 0.29) is 0 Å². The molecule has 2 aliphatic rings. The monoisotopic (exact) mass is 210 g/mol. The van der Waals surface area contributed by atoms with Gasteiger partial charge < -0.3 is 10.2 Å². The molecule has 2 unspecified atom stereocenters. The number of rotatable bonds is 5. The van der Waals surface area contributed by atoms with Crippen molar-refractivity contribution in [1.82, 2.24) is 10.2 Å². The topological polar surface area (TPSA) is 15.3 Å². The largest absolute Gasteiger partial charge is 0.313 e. The Hall–Kier alpha value is -0.0800. The minimum Gasteiger partial charge on any atom is -0.313 e. The number of hydrogen-bond acceptors (Lipinski definition) is 2. The molecular weight excluding hydrogens is 184 g/mol. The highest BCUT2D eigenvalue weighted by molar-refractivity contribution is 4.86. The van der Waals surface area contributed by atoms with Gasteiger partial charge >= 0.3 is 0 Å². The van der Waals surface area contributed by atoms with Gasteiger partial charge in [0.1, 0.15) is 0 Å². The van der Waals surface area contributed by atoms with Crippen LogP contribution in [-0.4, -0.2) is 37.1 Å². The Morgan fingerprint density at radius 2 is 1.93 bits per heavy atom. The average Bonchev–Trinajstić information content (AvgIpc) is 3.02. The summed E-state index contributed by atoms with van der Waals surface area (Å²) >= 11 is 0. The lowest BCUT2D eigenvalue weighted by Gasteiger charge is -2.38. The van der Waals surface area contributed by atoms with Gasteiger partial charge in [0.15, 0.2) is 0 Å². The highest BCUT2D eigenvalue weighted by Crippen LogP contribution is 2.31. The number of nitrogens with one attached hydrogen (secondary N) is 1. The predicted octanol–water partition coefficient (Wildman–Crippen LogP) is 2.11. The molecule has 1 N–H and O–H groups in total. The first kappa shape index (κ1) is 11.4. The highest BCUT2D eigenvalue weighted by atomic mass is 15.2. The van der Waals surface area contributed by atoms with Crippen LogP contribution in [-0.2, 0) is 0 Å². The fourth-order valence-corrected chi connectivity index (χ4v) is 2.85. The molecule has 2 rings (SSSR count). The summed E-state index contributed by atoms with van der Waals surface area (Å²) in [7, 11) is 0. The van der Waals surface area contributed by atoms with Crippen LogP contribution in [0.3, 0.4) is 0 Å². The van der Waals surface area contributed by atoms with Crippen molar-refractivity contribution >= 4 is 0 Å². The van der Waals surface area contributed by atoms with Gasteiger partial charge in [-0.2, -0.15) is 0 Å². The van der Waals surface area contributed by atoms with Gasteiger partial charge in [0.25, 0.3) is 0 Å². The Kier molecular flexibility index (Phi) is 4.04. The Morgan fingerprint density at radius 3 is 2.53 bits per heavy atom. The summed E-state index contributed by atoms with van der Waals surface area (Å²) < 4.78 is 0. The number of likely N-dealkylation sites (tertiary alicyclic amines) is 1. The van der Waals surface area contributed by atoms with Crippen LogP contribution < -0.4 is 5.32 Å². The van der Waals surface area contributed by atoms with Crippen molar-refractivity contribution < 1.29 is 0 Å². The van der Waals surface area contributed by atoms with Gasteiger partial charge in [-0.3, -0.25) is 0 Å². The van der Waals surface area contributed by atoms with Gasteiger partial charge in [-0.05, 0) is 37.6 Å². The molecular formula is C13H26N2. The van der Waals surface area contributed by atoms with E-state index >= 15 is 0 Å². The highest BCUT2D eigenvalue weighted by Gasteiger charge is 2.30. The van der Waals surface area contributed by atoms with Crippen molar-refractivity contribution in [1.29, 1.82) is 0 Å². The molecule has 88 valence electrons. The third-order valence-electron chi connectivity index (χ3n) is 3.90. The fourth-order valence-electron chi connectivity index (χ4n) is 2.85. The van der Waals surface area contributed by atoms with Crippen molar-refractivity contribution in [3.05, 3.63) is 0 Å². The Morgan fingerprint density at radius 1 is 1.13 bits per heavy atom. The summed E-state index contributed by atoms with van der Waals surface area (Å²) in [5.41, 5.74) is 0. The zero-order valence-electron chi connectivity index (χ0n) is 10.3. The fraction of sp³-hybridized carbons (Fsp3) is 1.00. The Balaban J connectivity index is 1.81. The van der Waals surface area contributed by atoms with Crippen LogP contribution >= 0.6 is 0 Å². The number of nitrogens with zero attached hydrogens (tertiary/aromatic N) is 1. The standard InChI is InChI=1S/C13H26N2/c1-3-11-7-13(14-4-2)10-15(8-11)9-12-5-6-12/h11-14H,3-10H2,1-2H3. The van der Waals surface area contributed by atoms with Crippen molar-refractivity contribution in [2.75, 3.05) is 26.2 Å². The van der Waals surface area contributed by atoms with Crippen molar-refractivity contribution in [3.63, 3.8) is 0 Å². The molecule has 1 heterocycles. The molecule has 1 aliphatic heterocycles. The summed E-state index contributed by atoms with van der Waals surface area (Å²) in [5.74, 6) is 1.98. The molecule has 0 radical (unpaired) electrons. The molecule has 2 nitrogen and oxygen atoms in total. The second-order valence-corrected chi connectivity index (χ2v) is 5.43. The van der Waals surface area contributed by atoms with E-state index in [9.17, 15) is 0 Å². The number of hydrogen-bond donors (Lipinski definition) is 1. The van der Waals surface area contributed by atoms with E-state index in [1.807, 2.05) is 0 Å². The van der Waals surface area contributed by atoms with Crippen molar-refractivity contribution in [2.45, 2.75) is 45.6 Å². The molecule has 1 aliphatic carbocycles. The van der Waals surface area contributed by atoms with Gasteiger partial charge in [-0.15, -0.1) is 0 Å². The third-order valence-corrected chi connectivity index (χ3v) is 3.90. The van der Waals surface area contributed by atoms with Gasteiger partial charge in [0, 0.05) is 25.7 Å². The van der Waals surface area contributed by atoms with E-state index in [1.165, 1.54) is 45.3 Å². The van der Waals surface area contributed by atoms with Gasteiger partial charge in [0.2, 0.25) is 0 Å². The molecule has 2 atom stereocenters. The van der Waals surface area contributed by atoms with E-state index in [0.29, 0.717) is 0 Å². The molecule has 0 amide bonds. The summed E-state index contributed by atoms with van der Waals surface area (Å²) in [5, 5.41) is 3.63. The van der Waals surface area contributed by atoms with Crippen LogP contribution in [0.25, 0.3) is 0 Å². The van der Waals surface area contributed by atoms with E-state index in [4.69, 9.17) is 0 Å². The van der Waals surface area contributed by atoms with Crippen LogP contribution in [0.15, 0.2) is 0 Å². The SMILES string of the molecule is CCNC1CC(CC)CN(CC2CC2)C1. The van der Waals surface area contributed by atoms with Crippen LogP contribution in [0.1, 0.15) is 39.5 Å². The van der Waals surface area contributed by atoms with Crippen molar-refractivity contribution in [3.8, 4) is 0 Å². The maximum Gasteiger partial charge on any atom is 0.0198 e. The molecule has 0 bridgehead atoms. The van der Waals surface area contributed by atoms with E-state index in [1.54, 1.807) is 0 Å². The molecule has 15 heavy (non-hydrogen) atoms. The van der Waals surface area contributed by atoms with Crippen LogP contribution in [0.2, 0.25) is 0 Å². The molecule has 1 saturated carbocycles. The van der Waals surface area contributed by atoms with Crippen molar-refractivity contribution in [2.24, 2.45) is 11.8 Å². The van der Waals surface area contributed by atoms with Gasteiger partial charge in [-0.1, -0.05) is 20.3 Å². The Labute approximate surface area is 94.4 Å². The molecule has 0 aromatic rings. The molecule has 0 aromatic heterocycles. The zero-order valence-corrected chi connectivity index (χ0v) is 10.3. The second-order valence-electron chi connectivity index (χ2n) is 5.43. The molecule has 2 heteroatoms. The molecule has 0 aromatic carbocycles. The second kappa shape index (κ2) is 5.31. The lowest BCUT2D eigenvalue weighted by molar-refractivity contribution is 0.134. The summed E-state index contributed by atoms with van der Waals surface area (Å²) in [6.07, 6.45) is 5.72. The van der Waals surface area contributed by atoms with Gasteiger partial charge in [0.05, 0.1) is 0 Å². The summed E-state index contributed by atoms with van der Waals surface area (Å²) in [6.45, 7) is 9.71. The lowest BCUT2D eigenvalue weighted by Crippen LogP contribution is -2.49. The zero-order chi connectivity index (χ0) is 10.7. The molecule has 1 saturated heterocycles. The maximum atomic E-state index is 3.63. The Bertz CT molecular complexity index is 189. The smallest absolute Gasteiger partial charge is 0.0198 e. The quantitative estimate of drug-likeness (QED) is 0.747. The molecule has 2 fully saturated rings. The van der Waals surface area contributed by atoms with E-state index in [2.05, 4.69) is 24.1 Å². The summed E-state index contributed by atoms with van der Waals surface area (Å²) in [4.78, 5) is 2.71. The predicted molar refractivity (Wildman–Crippen MR) is 65.0 cm³/mol. The van der Waals surface area contributed by atoms with E-state index < -0.39 is 0 Å². The van der Waals surface area contributed by atoms with Crippen LogP contribution in [0.4, 0.5) is 0 Å². The third kappa shape index (κ3) is 3.46. The van der Waals surface area contributed by atoms with Gasteiger partial charge in [-0.25, -0.2) is 0 Å².